The number of aromatic nitrogens is 2. The van der Waals surface area contributed by atoms with Crippen molar-refractivity contribution in [1.29, 1.82) is 0 Å². The number of nitrogens with one attached hydrogen (secondary N) is 1. The maximum absolute atomic E-state index is 12.8. The minimum atomic E-state index is -0.377. The topological polar surface area (TPSA) is 73.7 Å². The molecule has 0 saturated carbocycles. The number of carbonyl (C=O) groups is 2. The summed E-state index contributed by atoms with van der Waals surface area (Å²) in [4.78, 5) is 30.9. The molecular formula is C17H32Cl2N6O2. The fourth-order valence-electron chi connectivity index (χ4n) is 3.20. The number of piperazine rings is 1. The van der Waals surface area contributed by atoms with Crippen LogP contribution in [0.3, 0.4) is 0 Å². The van der Waals surface area contributed by atoms with Crippen molar-refractivity contribution in [2.24, 2.45) is 7.05 Å². The van der Waals surface area contributed by atoms with E-state index in [0.717, 1.165) is 31.7 Å². The van der Waals surface area contributed by atoms with Crippen LogP contribution in [0.25, 0.3) is 0 Å². The number of carbonyl (C=O) groups excluding carboxylic acids is 2. The summed E-state index contributed by atoms with van der Waals surface area (Å²) in [6.07, 6.45) is 3.58. The Labute approximate surface area is 174 Å². The molecule has 2 rings (SSSR count). The van der Waals surface area contributed by atoms with Crippen molar-refractivity contribution in [3.8, 4) is 0 Å². The zero-order valence-electron chi connectivity index (χ0n) is 16.6. The molecule has 1 aliphatic heterocycles. The molecule has 1 atom stereocenters. The molecule has 0 radical (unpaired) electrons. The van der Waals surface area contributed by atoms with E-state index >= 15 is 0 Å². The van der Waals surface area contributed by atoms with Gasteiger partial charge in [0.25, 0.3) is 0 Å². The van der Waals surface area contributed by atoms with Gasteiger partial charge in [-0.25, -0.2) is 0 Å². The van der Waals surface area contributed by atoms with Gasteiger partial charge in [-0.05, 0) is 20.9 Å². The summed E-state index contributed by atoms with van der Waals surface area (Å²) in [6.45, 7) is 8.63. The van der Waals surface area contributed by atoms with Crippen molar-refractivity contribution in [1.82, 2.24) is 29.8 Å². The van der Waals surface area contributed by atoms with Crippen LogP contribution in [-0.4, -0.2) is 89.2 Å². The first kappa shape index (κ1) is 25.6. The van der Waals surface area contributed by atoms with Crippen LogP contribution in [-0.2, 0) is 16.6 Å². The van der Waals surface area contributed by atoms with E-state index in [1.54, 1.807) is 17.9 Å². The fourth-order valence-corrected chi connectivity index (χ4v) is 3.20. The number of amides is 2. The third-order valence-corrected chi connectivity index (χ3v) is 4.75. The van der Waals surface area contributed by atoms with Crippen LogP contribution in [0, 0.1) is 0 Å². The average Bonchev–Trinajstić information content (AvgIpc) is 3.03. The van der Waals surface area contributed by atoms with Gasteiger partial charge in [-0.1, -0.05) is 0 Å². The van der Waals surface area contributed by atoms with E-state index in [0.29, 0.717) is 19.6 Å². The summed E-state index contributed by atoms with van der Waals surface area (Å²) in [5.74, 6) is 0.221. The van der Waals surface area contributed by atoms with E-state index in [1.807, 2.05) is 36.9 Å². The van der Waals surface area contributed by atoms with Gasteiger partial charge in [0.2, 0.25) is 11.8 Å². The lowest BCUT2D eigenvalue weighted by Gasteiger charge is -2.36. The van der Waals surface area contributed by atoms with Crippen LogP contribution in [0.1, 0.15) is 25.5 Å². The normalized spacial score (nSPS) is 15.5. The largest absolute Gasteiger partial charge is 0.342 e. The van der Waals surface area contributed by atoms with Crippen LogP contribution in [0.2, 0.25) is 0 Å². The van der Waals surface area contributed by atoms with Crippen LogP contribution in [0.15, 0.2) is 12.4 Å². The summed E-state index contributed by atoms with van der Waals surface area (Å²) >= 11 is 0. The molecule has 0 aliphatic carbocycles. The Bertz CT molecular complexity index is 586. The first-order valence-electron chi connectivity index (χ1n) is 8.94. The highest BCUT2D eigenvalue weighted by Gasteiger charge is 2.29. The Morgan fingerprint density at radius 3 is 2.22 bits per heavy atom. The second-order valence-corrected chi connectivity index (χ2v) is 6.34. The Hall–Kier alpha value is -1.35. The Balaban J connectivity index is 0.00000338. The highest BCUT2D eigenvalue weighted by atomic mass is 35.5. The molecule has 1 fully saturated rings. The maximum atomic E-state index is 12.8. The monoisotopic (exact) mass is 422 g/mol. The predicted molar refractivity (Wildman–Crippen MR) is 110 cm³/mol. The lowest BCUT2D eigenvalue weighted by Crippen LogP contribution is -2.53. The van der Waals surface area contributed by atoms with Crippen molar-refractivity contribution >= 4 is 36.6 Å². The van der Waals surface area contributed by atoms with Crippen LogP contribution >= 0.6 is 24.8 Å². The number of rotatable bonds is 7. The van der Waals surface area contributed by atoms with Gasteiger partial charge in [-0.15, -0.1) is 24.8 Å². The Kier molecular flexibility index (Phi) is 11.6. The minimum Gasteiger partial charge on any atom is -0.342 e. The van der Waals surface area contributed by atoms with Crippen LogP contribution < -0.4 is 5.32 Å². The zero-order valence-corrected chi connectivity index (χ0v) is 18.2. The number of hydrogen-bond acceptors (Lipinski definition) is 5. The average molecular weight is 423 g/mol. The molecule has 10 heteroatoms. The van der Waals surface area contributed by atoms with Gasteiger partial charge in [0.15, 0.2) is 0 Å². The predicted octanol–water partition coefficient (Wildman–Crippen LogP) is 0.537. The molecule has 1 unspecified atom stereocenters. The third kappa shape index (κ3) is 6.64. The van der Waals surface area contributed by atoms with Crippen molar-refractivity contribution in [3.63, 3.8) is 0 Å². The van der Waals surface area contributed by atoms with Gasteiger partial charge < -0.3 is 15.1 Å². The van der Waals surface area contributed by atoms with Crippen molar-refractivity contribution in [2.75, 3.05) is 52.9 Å². The number of hydrogen-bond donors (Lipinski definition) is 1. The zero-order chi connectivity index (χ0) is 18.4. The molecule has 8 nitrogen and oxygen atoms in total. The maximum Gasteiger partial charge on any atom is 0.244 e. The Morgan fingerprint density at radius 1 is 1.19 bits per heavy atom. The molecule has 2 heterocycles. The molecule has 1 aliphatic rings. The highest BCUT2D eigenvalue weighted by Crippen LogP contribution is 2.16. The van der Waals surface area contributed by atoms with E-state index < -0.39 is 0 Å². The molecular weight excluding hydrogens is 391 g/mol. The number of aryl methyl sites for hydroxylation is 1. The first-order valence-corrected chi connectivity index (χ1v) is 8.94. The molecule has 2 amide bonds. The molecule has 1 aromatic heterocycles. The summed E-state index contributed by atoms with van der Waals surface area (Å²) in [5, 5.41) is 7.23. The second-order valence-electron chi connectivity index (χ2n) is 6.34. The lowest BCUT2D eigenvalue weighted by molar-refractivity contribution is -0.136. The van der Waals surface area contributed by atoms with Gasteiger partial charge >= 0.3 is 0 Å². The van der Waals surface area contributed by atoms with E-state index in [4.69, 9.17) is 0 Å². The van der Waals surface area contributed by atoms with Crippen molar-refractivity contribution in [2.45, 2.75) is 19.9 Å². The van der Waals surface area contributed by atoms with Crippen molar-refractivity contribution in [3.05, 3.63) is 18.0 Å². The summed E-state index contributed by atoms with van der Waals surface area (Å²) < 4.78 is 1.70. The van der Waals surface area contributed by atoms with E-state index in [2.05, 4.69) is 15.3 Å². The summed E-state index contributed by atoms with van der Waals surface area (Å²) in [6, 6.07) is -0.377. The molecule has 0 spiro atoms. The summed E-state index contributed by atoms with van der Waals surface area (Å²) in [5.41, 5.74) is 0.870. The molecule has 1 N–H and O–H groups in total. The van der Waals surface area contributed by atoms with Gasteiger partial charge in [0.05, 0.1) is 12.7 Å². The van der Waals surface area contributed by atoms with Crippen molar-refractivity contribution < 1.29 is 9.59 Å². The summed E-state index contributed by atoms with van der Waals surface area (Å²) in [7, 11) is 3.63. The van der Waals surface area contributed by atoms with Crippen LogP contribution in [0.5, 0.6) is 0 Å². The number of nitrogens with zero attached hydrogens (tertiary/aromatic N) is 5. The SMILES string of the molecule is CCN(CC)C(=O)CN1CCN(C(=O)C(NC)c2cnn(C)c2)CC1.Cl.Cl. The fraction of sp³-hybridized carbons (Fsp3) is 0.706. The van der Waals surface area contributed by atoms with Gasteiger partial charge in [-0.3, -0.25) is 19.2 Å². The van der Waals surface area contributed by atoms with E-state index in [-0.39, 0.29) is 42.7 Å². The molecule has 1 saturated heterocycles. The molecule has 156 valence electrons. The molecule has 0 bridgehead atoms. The molecule has 1 aromatic rings. The Morgan fingerprint density at radius 2 is 1.78 bits per heavy atom. The highest BCUT2D eigenvalue weighted by molar-refractivity contribution is 5.85. The number of likely N-dealkylation sites (N-methyl/N-ethyl adjacent to an activating group) is 2. The smallest absolute Gasteiger partial charge is 0.244 e. The second kappa shape index (κ2) is 12.2. The lowest BCUT2D eigenvalue weighted by atomic mass is 10.1. The van der Waals surface area contributed by atoms with Gasteiger partial charge in [0.1, 0.15) is 6.04 Å². The minimum absolute atomic E-state index is 0. The van der Waals surface area contributed by atoms with Gasteiger partial charge in [-0.2, -0.15) is 5.10 Å². The standard InChI is InChI=1S/C17H30N6O2.2ClH/c1-5-22(6-2)15(24)13-21-7-9-23(10-8-21)17(25)16(18-3)14-11-19-20(4)12-14;;/h11-12,16,18H,5-10,13H2,1-4H3;2*1H. The van der Waals surface area contributed by atoms with Gasteiger partial charge in [0, 0.05) is 58.1 Å². The third-order valence-electron chi connectivity index (χ3n) is 4.75. The van der Waals surface area contributed by atoms with E-state index in [1.165, 1.54) is 0 Å². The quantitative estimate of drug-likeness (QED) is 0.693. The van der Waals surface area contributed by atoms with E-state index in [9.17, 15) is 9.59 Å². The molecule has 0 aromatic carbocycles. The van der Waals surface area contributed by atoms with Crippen LogP contribution in [0.4, 0.5) is 0 Å². The molecule has 27 heavy (non-hydrogen) atoms. The number of halogens is 2. The first-order chi connectivity index (χ1) is 12.0.